The Morgan fingerprint density at radius 2 is 1.83 bits per heavy atom. The Kier molecular flexibility index (Phi) is 7.52. The van der Waals surface area contributed by atoms with Gasteiger partial charge in [-0.1, -0.05) is 19.0 Å². The molecular formula is C21H26N4O4. The fourth-order valence-corrected chi connectivity index (χ4v) is 2.78. The van der Waals surface area contributed by atoms with Gasteiger partial charge in [0.05, 0.1) is 18.9 Å². The van der Waals surface area contributed by atoms with Gasteiger partial charge < -0.3 is 19.2 Å². The van der Waals surface area contributed by atoms with Crippen LogP contribution in [-0.4, -0.2) is 59.4 Å². The zero-order valence-corrected chi connectivity index (χ0v) is 16.8. The van der Waals surface area contributed by atoms with E-state index in [1.54, 1.807) is 17.3 Å². The van der Waals surface area contributed by atoms with Crippen LogP contribution in [0.5, 0.6) is 11.8 Å². The third kappa shape index (κ3) is 5.99. The molecule has 1 aromatic carbocycles. The number of hydrogen-bond donors (Lipinski definition) is 0. The second kappa shape index (κ2) is 10.5. The van der Waals surface area contributed by atoms with Crippen LogP contribution in [-0.2, 0) is 16.0 Å². The van der Waals surface area contributed by atoms with Crippen molar-refractivity contribution in [1.82, 2.24) is 14.9 Å². The highest BCUT2D eigenvalue weighted by Crippen LogP contribution is 2.15. The van der Waals surface area contributed by atoms with Gasteiger partial charge in [-0.3, -0.25) is 4.79 Å². The van der Waals surface area contributed by atoms with E-state index in [0.717, 1.165) is 23.3 Å². The number of ether oxygens (including phenoxy) is 2. The zero-order chi connectivity index (χ0) is 20.5. The largest absolute Gasteiger partial charge is 0.484 e. The quantitative estimate of drug-likeness (QED) is 0.502. The van der Waals surface area contributed by atoms with Gasteiger partial charge in [-0.25, -0.2) is 9.97 Å². The summed E-state index contributed by atoms with van der Waals surface area (Å²) in [5.74, 6) is 0.598. The van der Waals surface area contributed by atoms with Gasteiger partial charge in [0.2, 0.25) is 0 Å². The monoisotopic (exact) mass is 398 g/mol. The van der Waals surface area contributed by atoms with Crippen molar-refractivity contribution >= 4 is 11.6 Å². The van der Waals surface area contributed by atoms with Crippen molar-refractivity contribution in [2.45, 2.75) is 26.7 Å². The van der Waals surface area contributed by atoms with Crippen molar-refractivity contribution in [3.8, 4) is 11.8 Å². The minimum Gasteiger partial charge on any atom is -0.484 e. The van der Waals surface area contributed by atoms with E-state index in [2.05, 4.69) is 15.1 Å². The molecule has 1 aromatic heterocycles. The summed E-state index contributed by atoms with van der Waals surface area (Å²) in [7, 11) is 0. The van der Waals surface area contributed by atoms with Crippen LogP contribution in [0.4, 0.5) is 0 Å². The summed E-state index contributed by atoms with van der Waals surface area (Å²) in [5, 5.41) is 4.18. The predicted molar refractivity (Wildman–Crippen MR) is 108 cm³/mol. The van der Waals surface area contributed by atoms with Crippen molar-refractivity contribution in [3.63, 3.8) is 0 Å². The highest BCUT2D eigenvalue weighted by Gasteiger charge is 2.17. The number of aromatic nitrogens is 2. The third-order valence-corrected chi connectivity index (χ3v) is 4.58. The first-order valence-electron chi connectivity index (χ1n) is 9.83. The molecule has 0 unspecified atom stereocenters. The minimum absolute atomic E-state index is 0.0161. The molecule has 3 rings (SSSR count). The average molecular weight is 398 g/mol. The molecule has 1 amide bonds. The van der Waals surface area contributed by atoms with Crippen LogP contribution in [0.15, 0.2) is 41.8 Å². The summed E-state index contributed by atoms with van der Waals surface area (Å²) in [4.78, 5) is 27.5. The maximum absolute atomic E-state index is 12.2. The van der Waals surface area contributed by atoms with Gasteiger partial charge in [-0.05, 0) is 48.2 Å². The van der Waals surface area contributed by atoms with Gasteiger partial charge in [0, 0.05) is 25.5 Å². The van der Waals surface area contributed by atoms with Crippen LogP contribution in [0.2, 0.25) is 0 Å². The summed E-state index contributed by atoms with van der Waals surface area (Å²) in [6, 6.07) is 7.64. The number of morpholine rings is 1. The molecule has 0 atom stereocenters. The maximum atomic E-state index is 12.2. The molecular weight excluding hydrogens is 372 g/mol. The first-order chi connectivity index (χ1) is 14.2. The number of benzene rings is 1. The van der Waals surface area contributed by atoms with Crippen LogP contribution in [0, 0.1) is 0 Å². The molecule has 1 saturated heterocycles. The summed E-state index contributed by atoms with van der Waals surface area (Å²) >= 11 is 0. The average Bonchev–Trinajstić information content (AvgIpc) is 2.79. The molecule has 0 radical (unpaired) electrons. The molecule has 2 heterocycles. The standard InChI is InChI=1S/C21H26N4O4/c1-3-16-13-22-21(23-14-16)29-24-19(4-2)17-5-7-18(8-6-17)28-15-20(26)25-9-11-27-12-10-25/h5-8,13-14H,3-4,9-12,15H2,1-2H3. The summed E-state index contributed by atoms with van der Waals surface area (Å²) in [6.07, 6.45) is 5.01. The molecule has 8 nitrogen and oxygen atoms in total. The summed E-state index contributed by atoms with van der Waals surface area (Å²) in [6.45, 7) is 6.44. The molecule has 0 aliphatic carbocycles. The molecule has 0 N–H and O–H groups in total. The molecule has 29 heavy (non-hydrogen) atoms. The molecule has 0 saturated carbocycles. The number of oxime groups is 1. The van der Waals surface area contributed by atoms with Crippen molar-refractivity contribution < 1.29 is 19.1 Å². The van der Waals surface area contributed by atoms with Crippen LogP contribution < -0.4 is 9.57 Å². The van der Waals surface area contributed by atoms with Crippen LogP contribution in [0.3, 0.4) is 0 Å². The summed E-state index contributed by atoms with van der Waals surface area (Å²) in [5.41, 5.74) is 2.72. The number of carbonyl (C=O) groups is 1. The topological polar surface area (TPSA) is 86.1 Å². The zero-order valence-electron chi connectivity index (χ0n) is 16.8. The van der Waals surface area contributed by atoms with Crippen LogP contribution in [0.1, 0.15) is 31.4 Å². The Morgan fingerprint density at radius 3 is 2.45 bits per heavy atom. The van der Waals surface area contributed by atoms with Crippen LogP contribution in [0.25, 0.3) is 0 Å². The number of amides is 1. The molecule has 2 aromatic rings. The van der Waals surface area contributed by atoms with Crippen molar-refractivity contribution in [2.24, 2.45) is 5.16 Å². The van der Waals surface area contributed by atoms with Gasteiger partial charge in [-0.2, -0.15) is 0 Å². The molecule has 1 aliphatic rings. The lowest BCUT2D eigenvalue weighted by atomic mass is 10.1. The fraction of sp³-hybridized carbons (Fsp3) is 0.429. The number of carbonyl (C=O) groups excluding carboxylic acids is 1. The van der Waals surface area contributed by atoms with E-state index in [1.807, 2.05) is 38.1 Å². The van der Waals surface area contributed by atoms with Crippen molar-refractivity contribution in [1.29, 1.82) is 0 Å². The molecule has 8 heteroatoms. The highest BCUT2D eigenvalue weighted by atomic mass is 16.6. The first kappa shape index (κ1) is 20.7. The molecule has 0 spiro atoms. The maximum Gasteiger partial charge on any atom is 0.345 e. The molecule has 154 valence electrons. The number of rotatable bonds is 8. The summed E-state index contributed by atoms with van der Waals surface area (Å²) < 4.78 is 10.9. The Labute approximate surface area is 170 Å². The lowest BCUT2D eigenvalue weighted by Gasteiger charge is -2.26. The van der Waals surface area contributed by atoms with Gasteiger partial charge in [-0.15, -0.1) is 0 Å². The lowest BCUT2D eigenvalue weighted by molar-refractivity contribution is -0.137. The molecule has 0 bridgehead atoms. The number of hydrogen-bond acceptors (Lipinski definition) is 7. The van der Waals surface area contributed by atoms with Gasteiger partial charge >= 0.3 is 6.01 Å². The Bertz CT molecular complexity index is 816. The van der Waals surface area contributed by atoms with Crippen LogP contribution >= 0.6 is 0 Å². The smallest absolute Gasteiger partial charge is 0.345 e. The van der Waals surface area contributed by atoms with E-state index >= 15 is 0 Å². The Morgan fingerprint density at radius 1 is 1.14 bits per heavy atom. The minimum atomic E-state index is -0.0318. The lowest BCUT2D eigenvalue weighted by Crippen LogP contribution is -2.42. The van der Waals surface area contributed by atoms with Crippen molar-refractivity contribution in [3.05, 3.63) is 47.8 Å². The van der Waals surface area contributed by atoms with E-state index in [0.29, 0.717) is 38.5 Å². The Balaban J connectivity index is 1.55. The first-order valence-corrected chi connectivity index (χ1v) is 9.83. The van der Waals surface area contributed by atoms with Gasteiger partial charge in [0.15, 0.2) is 6.61 Å². The SMILES string of the molecule is CCC(=NOc1ncc(CC)cn1)c1ccc(OCC(=O)N2CCOCC2)cc1. The number of aryl methyl sites for hydroxylation is 1. The van der Waals surface area contributed by atoms with Crippen molar-refractivity contribution in [2.75, 3.05) is 32.9 Å². The highest BCUT2D eigenvalue weighted by molar-refractivity contribution is 6.00. The Hall–Kier alpha value is -3.00. The van der Waals surface area contributed by atoms with Gasteiger partial charge in [0.25, 0.3) is 5.91 Å². The van der Waals surface area contributed by atoms with E-state index < -0.39 is 0 Å². The normalized spacial score (nSPS) is 14.6. The molecule has 1 aliphatic heterocycles. The van der Waals surface area contributed by atoms with E-state index in [1.165, 1.54) is 0 Å². The fourth-order valence-electron chi connectivity index (χ4n) is 2.78. The third-order valence-electron chi connectivity index (χ3n) is 4.58. The van der Waals surface area contributed by atoms with Gasteiger partial charge in [0.1, 0.15) is 5.75 Å². The van der Waals surface area contributed by atoms with E-state index in [4.69, 9.17) is 14.3 Å². The number of nitrogens with zero attached hydrogens (tertiary/aromatic N) is 4. The van der Waals surface area contributed by atoms with E-state index in [9.17, 15) is 4.79 Å². The second-order valence-corrected chi connectivity index (χ2v) is 6.52. The predicted octanol–water partition coefficient (Wildman–Crippen LogP) is 2.47. The van der Waals surface area contributed by atoms with E-state index in [-0.39, 0.29) is 18.5 Å². The molecule has 1 fully saturated rings. The second-order valence-electron chi connectivity index (χ2n) is 6.52.